The number of hydrogen-bond donors (Lipinski definition) is 0. The smallest absolute Gasteiger partial charge is 0.139 e. The molecule has 18 heavy (non-hydrogen) atoms. The molecule has 100 valence electrons. The van der Waals surface area contributed by atoms with Gasteiger partial charge in [-0.1, -0.05) is 19.1 Å². The average molecular weight is 251 g/mol. The van der Waals surface area contributed by atoms with Crippen LogP contribution in [0.5, 0.6) is 0 Å². The Bertz CT molecular complexity index is 412. The summed E-state index contributed by atoms with van der Waals surface area (Å²) in [5, 5.41) is 7.82. The van der Waals surface area contributed by atoms with Crippen molar-refractivity contribution in [2.24, 2.45) is 5.92 Å². The number of carbonyl (C=O) groups is 2. The van der Waals surface area contributed by atoms with Gasteiger partial charge in [-0.25, -0.2) is 0 Å². The summed E-state index contributed by atoms with van der Waals surface area (Å²) >= 11 is 0. The lowest BCUT2D eigenvalue weighted by molar-refractivity contribution is -0.127. The van der Waals surface area contributed by atoms with Gasteiger partial charge >= 0.3 is 0 Å². The number of rotatable bonds is 8. The Labute approximate surface area is 108 Å². The molecule has 0 radical (unpaired) electrons. The molecule has 1 rings (SSSR count). The van der Waals surface area contributed by atoms with Gasteiger partial charge in [-0.2, -0.15) is 0 Å². The van der Waals surface area contributed by atoms with Crippen LogP contribution in [0.1, 0.15) is 45.7 Å². The van der Waals surface area contributed by atoms with E-state index in [9.17, 15) is 9.59 Å². The minimum Gasteiger partial charge on any atom is -0.299 e. The maximum absolute atomic E-state index is 11.9. The Morgan fingerprint density at radius 2 is 2.06 bits per heavy atom. The molecular formula is C13H21N3O2. The molecule has 1 atom stereocenters. The highest BCUT2D eigenvalue weighted by atomic mass is 16.1. The van der Waals surface area contributed by atoms with Crippen molar-refractivity contribution in [1.29, 1.82) is 0 Å². The van der Waals surface area contributed by atoms with Crippen molar-refractivity contribution in [1.82, 2.24) is 15.0 Å². The fourth-order valence-electron chi connectivity index (χ4n) is 1.90. The van der Waals surface area contributed by atoms with Crippen molar-refractivity contribution in [2.45, 2.75) is 53.0 Å². The van der Waals surface area contributed by atoms with E-state index in [1.54, 1.807) is 10.9 Å². The van der Waals surface area contributed by atoms with Crippen LogP contribution in [0.25, 0.3) is 0 Å². The van der Waals surface area contributed by atoms with Gasteiger partial charge < -0.3 is 0 Å². The second-order valence-electron chi connectivity index (χ2n) is 4.41. The minimum absolute atomic E-state index is 0.0619. The SMILES string of the molecule is CCC(=O)C(CC)CC(=O)Cc1cn(CC)nn1. The Morgan fingerprint density at radius 1 is 1.33 bits per heavy atom. The molecule has 1 unspecified atom stereocenters. The van der Waals surface area contributed by atoms with E-state index in [-0.39, 0.29) is 23.9 Å². The summed E-state index contributed by atoms with van der Waals surface area (Å²) in [6, 6.07) is 0. The third-order valence-corrected chi connectivity index (χ3v) is 3.06. The van der Waals surface area contributed by atoms with E-state index in [0.717, 1.165) is 13.0 Å². The van der Waals surface area contributed by atoms with Gasteiger partial charge in [0.2, 0.25) is 0 Å². The molecule has 0 spiro atoms. The van der Waals surface area contributed by atoms with Crippen LogP contribution in [0, 0.1) is 5.92 Å². The molecule has 0 fully saturated rings. The number of carbonyl (C=O) groups excluding carboxylic acids is 2. The van der Waals surface area contributed by atoms with Gasteiger partial charge in [0, 0.05) is 31.5 Å². The highest BCUT2D eigenvalue weighted by Crippen LogP contribution is 2.13. The van der Waals surface area contributed by atoms with E-state index >= 15 is 0 Å². The van der Waals surface area contributed by atoms with Crippen LogP contribution < -0.4 is 0 Å². The predicted molar refractivity (Wildman–Crippen MR) is 68.1 cm³/mol. The zero-order chi connectivity index (χ0) is 13.5. The number of aromatic nitrogens is 3. The first kappa shape index (κ1) is 14.5. The van der Waals surface area contributed by atoms with Crippen LogP contribution in [0.15, 0.2) is 6.20 Å². The monoisotopic (exact) mass is 251 g/mol. The van der Waals surface area contributed by atoms with Crippen molar-refractivity contribution >= 4 is 11.6 Å². The number of aryl methyl sites for hydroxylation is 1. The van der Waals surface area contributed by atoms with Gasteiger partial charge in [-0.3, -0.25) is 14.3 Å². The van der Waals surface area contributed by atoms with Crippen molar-refractivity contribution in [2.75, 3.05) is 0 Å². The first-order chi connectivity index (χ1) is 8.60. The summed E-state index contributed by atoms with van der Waals surface area (Å²) in [6.07, 6.45) is 3.59. The fourth-order valence-corrected chi connectivity index (χ4v) is 1.90. The van der Waals surface area contributed by atoms with Gasteiger partial charge in [0.05, 0.1) is 12.1 Å². The Hall–Kier alpha value is -1.52. The molecule has 0 N–H and O–H groups in total. The maximum atomic E-state index is 11.9. The zero-order valence-corrected chi connectivity index (χ0v) is 11.3. The number of Topliss-reactive ketones (excluding diaryl/α,β-unsaturated/α-hetero) is 2. The molecule has 0 aliphatic carbocycles. The molecule has 5 heteroatoms. The van der Waals surface area contributed by atoms with E-state index in [1.165, 1.54) is 0 Å². The molecule has 0 aliphatic heterocycles. The lowest BCUT2D eigenvalue weighted by atomic mass is 9.92. The van der Waals surface area contributed by atoms with Crippen molar-refractivity contribution < 1.29 is 9.59 Å². The molecule has 0 saturated heterocycles. The predicted octanol–water partition coefficient (Wildman–Crippen LogP) is 1.80. The number of nitrogens with zero attached hydrogens (tertiary/aromatic N) is 3. The molecule has 0 saturated carbocycles. The average Bonchev–Trinajstić information content (AvgIpc) is 2.82. The standard InChI is InChI=1S/C13H21N3O2/c1-4-10(13(18)5-2)7-12(17)8-11-9-16(6-3)15-14-11/h9-10H,4-8H2,1-3H3. The summed E-state index contributed by atoms with van der Waals surface area (Å²) in [6.45, 7) is 6.49. The molecule has 0 aliphatic rings. The third-order valence-electron chi connectivity index (χ3n) is 3.06. The Kier molecular flexibility index (Phi) is 5.68. The second kappa shape index (κ2) is 7.03. The van der Waals surface area contributed by atoms with Crippen LogP contribution in [-0.4, -0.2) is 26.6 Å². The molecule has 5 nitrogen and oxygen atoms in total. The molecule has 1 aromatic heterocycles. The van der Waals surface area contributed by atoms with Crippen LogP contribution in [0.4, 0.5) is 0 Å². The summed E-state index contributed by atoms with van der Waals surface area (Å²) in [4.78, 5) is 23.5. The van der Waals surface area contributed by atoms with E-state index in [0.29, 0.717) is 18.5 Å². The van der Waals surface area contributed by atoms with Crippen LogP contribution in [0.3, 0.4) is 0 Å². The highest BCUT2D eigenvalue weighted by molar-refractivity contribution is 5.88. The summed E-state index contributed by atoms with van der Waals surface area (Å²) in [7, 11) is 0. The lowest BCUT2D eigenvalue weighted by Gasteiger charge is -2.10. The van der Waals surface area contributed by atoms with Gasteiger partial charge in [0.15, 0.2) is 0 Å². The van der Waals surface area contributed by atoms with E-state index < -0.39 is 0 Å². The van der Waals surface area contributed by atoms with E-state index in [4.69, 9.17) is 0 Å². The zero-order valence-electron chi connectivity index (χ0n) is 11.3. The quantitative estimate of drug-likeness (QED) is 0.706. The van der Waals surface area contributed by atoms with Gasteiger partial charge in [-0.15, -0.1) is 5.10 Å². The number of ketones is 2. The van der Waals surface area contributed by atoms with Gasteiger partial charge in [-0.05, 0) is 13.3 Å². The van der Waals surface area contributed by atoms with E-state index in [2.05, 4.69) is 10.3 Å². The van der Waals surface area contributed by atoms with Gasteiger partial charge in [0.1, 0.15) is 11.6 Å². The molecule has 0 amide bonds. The minimum atomic E-state index is -0.135. The molecule has 1 aromatic rings. The third kappa shape index (κ3) is 4.05. The van der Waals surface area contributed by atoms with Crippen LogP contribution in [-0.2, 0) is 22.6 Å². The summed E-state index contributed by atoms with van der Waals surface area (Å²) in [5.74, 6) is 0.0959. The largest absolute Gasteiger partial charge is 0.299 e. The van der Waals surface area contributed by atoms with Crippen LogP contribution in [0.2, 0.25) is 0 Å². The fraction of sp³-hybridized carbons (Fsp3) is 0.692. The maximum Gasteiger partial charge on any atom is 0.139 e. The second-order valence-corrected chi connectivity index (χ2v) is 4.41. The first-order valence-corrected chi connectivity index (χ1v) is 6.54. The van der Waals surface area contributed by atoms with E-state index in [1.807, 2.05) is 20.8 Å². The molecule has 1 heterocycles. The van der Waals surface area contributed by atoms with Gasteiger partial charge in [0.25, 0.3) is 0 Å². The topological polar surface area (TPSA) is 64.8 Å². The molecule has 0 aromatic carbocycles. The first-order valence-electron chi connectivity index (χ1n) is 6.54. The van der Waals surface area contributed by atoms with Crippen molar-refractivity contribution in [3.63, 3.8) is 0 Å². The number of hydrogen-bond acceptors (Lipinski definition) is 4. The van der Waals surface area contributed by atoms with Crippen molar-refractivity contribution in [3.05, 3.63) is 11.9 Å². The lowest BCUT2D eigenvalue weighted by Crippen LogP contribution is -2.18. The van der Waals surface area contributed by atoms with Crippen LogP contribution >= 0.6 is 0 Å². The highest BCUT2D eigenvalue weighted by Gasteiger charge is 2.19. The molecular weight excluding hydrogens is 230 g/mol. The Morgan fingerprint density at radius 3 is 2.56 bits per heavy atom. The molecule has 0 bridgehead atoms. The summed E-state index contributed by atoms with van der Waals surface area (Å²) < 4.78 is 1.69. The summed E-state index contributed by atoms with van der Waals surface area (Å²) in [5.41, 5.74) is 0.681. The normalized spacial score (nSPS) is 12.4. The Balaban J connectivity index is 2.52. The van der Waals surface area contributed by atoms with Crippen molar-refractivity contribution in [3.8, 4) is 0 Å².